The summed E-state index contributed by atoms with van der Waals surface area (Å²) in [4.78, 5) is 18.4. The molecule has 6 heteroatoms. The predicted octanol–water partition coefficient (Wildman–Crippen LogP) is 4.66. The number of phenols is 2. The molecule has 3 N–H and O–H groups in total. The number of hydrogen-bond donors (Lipinski definition) is 3. The number of nitrogens with zero attached hydrogens (tertiary/aromatic N) is 1. The zero-order chi connectivity index (χ0) is 19.6. The first-order chi connectivity index (χ1) is 12.8. The standard InChI is InChI=1S/C21H22N2O3S/c1-13-12-22-20(27-13)23-19(26)21(2,3)18(14-4-8-16(24)9-5-14)15-6-10-17(25)11-7-15/h4-12,18,24-25H,1-3H3,(H,22,23,26). The molecule has 27 heavy (non-hydrogen) atoms. The van der Waals surface area contributed by atoms with Crippen LogP contribution in [0.2, 0.25) is 0 Å². The molecule has 0 saturated heterocycles. The van der Waals surface area contributed by atoms with Crippen molar-refractivity contribution in [3.05, 3.63) is 70.7 Å². The Bertz CT molecular complexity index is 885. The molecule has 1 heterocycles. The molecule has 0 spiro atoms. The van der Waals surface area contributed by atoms with Crippen LogP contribution in [0.5, 0.6) is 11.5 Å². The van der Waals surface area contributed by atoms with Gasteiger partial charge in [-0.25, -0.2) is 4.98 Å². The molecule has 1 amide bonds. The van der Waals surface area contributed by atoms with Crippen molar-refractivity contribution in [2.24, 2.45) is 5.41 Å². The Morgan fingerprint density at radius 3 is 1.89 bits per heavy atom. The molecule has 0 aliphatic carbocycles. The predicted molar refractivity (Wildman–Crippen MR) is 107 cm³/mol. The Balaban J connectivity index is 2.00. The topological polar surface area (TPSA) is 82.5 Å². The summed E-state index contributed by atoms with van der Waals surface area (Å²) in [6.45, 7) is 5.70. The molecule has 0 radical (unpaired) electrons. The number of amides is 1. The van der Waals surface area contributed by atoms with Crippen LogP contribution in [0, 0.1) is 12.3 Å². The molecule has 1 aromatic heterocycles. The fourth-order valence-corrected chi connectivity index (χ4v) is 3.82. The highest BCUT2D eigenvalue weighted by Gasteiger charge is 2.39. The van der Waals surface area contributed by atoms with E-state index in [1.165, 1.54) is 11.3 Å². The van der Waals surface area contributed by atoms with Gasteiger partial charge < -0.3 is 15.5 Å². The Hall–Kier alpha value is -2.86. The summed E-state index contributed by atoms with van der Waals surface area (Å²) in [7, 11) is 0. The van der Waals surface area contributed by atoms with Gasteiger partial charge in [0.15, 0.2) is 5.13 Å². The molecule has 140 valence electrons. The van der Waals surface area contributed by atoms with Crippen molar-refractivity contribution < 1.29 is 15.0 Å². The number of aryl methyl sites for hydroxylation is 1. The van der Waals surface area contributed by atoms with Crippen molar-refractivity contribution in [1.82, 2.24) is 4.98 Å². The van der Waals surface area contributed by atoms with E-state index in [2.05, 4.69) is 10.3 Å². The van der Waals surface area contributed by atoms with Crippen LogP contribution >= 0.6 is 11.3 Å². The summed E-state index contributed by atoms with van der Waals surface area (Å²) < 4.78 is 0. The van der Waals surface area contributed by atoms with Crippen LogP contribution in [0.4, 0.5) is 5.13 Å². The number of carbonyl (C=O) groups excluding carboxylic acids is 1. The van der Waals surface area contributed by atoms with Crippen molar-refractivity contribution in [1.29, 1.82) is 0 Å². The summed E-state index contributed by atoms with van der Waals surface area (Å²) >= 11 is 1.43. The lowest BCUT2D eigenvalue weighted by molar-refractivity contribution is -0.124. The summed E-state index contributed by atoms with van der Waals surface area (Å²) in [5, 5.41) is 22.8. The molecule has 3 rings (SSSR count). The highest BCUT2D eigenvalue weighted by molar-refractivity contribution is 7.15. The van der Waals surface area contributed by atoms with Gasteiger partial charge in [-0.15, -0.1) is 11.3 Å². The van der Waals surface area contributed by atoms with E-state index < -0.39 is 5.41 Å². The third-order valence-corrected chi connectivity index (χ3v) is 5.43. The van der Waals surface area contributed by atoms with Gasteiger partial charge in [0.1, 0.15) is 11.5 Å². The van der Waals surface area contributed by atoms with E-state index in [0.717, 1.165) is 16.0 Å². The second-order valence-electron chi connectivity index (χ2n) is 7.07. The zero-order valence-corrected chi connectivity index (χ0v) is 16.2. The maximum absolute atomic E-state index is 13.1. The molecule has 2 aromatic carbocycles. The first-order valence-electron chi connectivity index (χ1n) is 8.59. The lowest BCUT2D eigenvalue weighted by Gasteiger charge is -2.33. The van der Waals surface area contributed by atoms with Crippen molar-refractivity contribution in [3.8, 4) is 11.5 Å². The normalized spacial score (nSPS) is 11.6. The Morgan fingerprint density at radius 1 is 1.00 bits per heavy atom. The molecule has 0 aliphatic rings. The number of thiazole rings is 1. The van der Waals surface area contributed by atoms with Crippen LogP contribution < -0.4 is 5.32 Å². The van der Waals surface area contributed by atoms with Crippen molar-refractivity contribution >= 4 is 22.4 Å². The number of anilines is 1. The maximum atomic E-state index is 13.1. The molecule has 0 saturated carbocycles. The van der Waals surface area contributed by atoms with Crippen molar-refractivity contribution in [3.63, 3.8) is 0 Å². The number of aromatic hydroxyl groups is 2. The first-order valence-corrected chi connectivity index (χ1v) is 9.41. The highest BCUT2D eigenvalue weighted by atomic mass is 32.1. The molecular formula is C21H22N2O3S. The second-order valence-corrected chi connectivity index (χ2v) is 8.30. The number of carbonyl (C=O) groups is 1. The van der Waals surface area contributed by atoms with Crippen LogP contribution in [-0.2, 0) is 4.79 Å². The van der Waals surface area contributed by atoms with Crippen LogP contribution in [0.25, 0.3) is 0 Å². The van der Waals surface area contributed by atoms with E-state index >= 15 is 0 Å². The van der Waals surface area contributed by atoms with Gasteiger partial charge in [-0.3, -0.25) is 4.79 Å². The van der Waals surface area contributed by atoms with Crippen LogP contribution in [-0.4, -0.2) is 21.1 Å². The maximum Gasteiger partial charge on any atom is 0.232 e. The number of hydrogen-bond acceptors (Lipinski definition) is 5. The van der Waals surface area contributed by atoms with E-state index in [4.69, 9.17) is 0 Å². The molecule has 0 aliphatic heterocycles. The van der Waals surface area contributed by atoms with Gasteiger partial charge in [0.05, 0.1) is 5.41 Å². The third kappa shape index (κ3) is 4.11. The van der Waals surface area contributed by atoms with E-state index in [1.54, 1.807) is 30.5 Å². The highest BCUT2D eigenvalue weighted by Crippen LogP contribution is 2.42. The lowest BCUT2D eigenvalue weighted by Crippen LogP contribution is -2.37. The average molecular weight is 382 g/mol. The second kappa shape index (κ2) is 7.40. The van der Waals surface area contributed by atoms with E-state index in [-0.39, 0.29) is 23.3 Å². The molecule has 0 fully saturated rings. The van der Waals surface area contributed by atoms with E-state index in [0.29, 0.717) is 5.13 Å². The molecule has 0 unspecified atom stereocenters. The van der Waals surface area contributed by atoms with Gasteiger partial charge in [0, 0.05) is 17.0 Å². The summed E-state index contributed by atoms with van der Waals surface area (Å²) in [5.74, 6) is -0.0878. The monoisotopic (exact) mass is 382 g/mol. The fourth-order valence-electron chi connectivity index (χ4n) is 3.16. The van der Waals surface area contributed by atoms with Crippen LogP contribution in [0.1, 0.15) is 35.8 Å². The van der Waals surface area contributed by atoms with Gasteiger partial charge in [-0.2, -0.15) is 0 Å². The molecule has 5 nitrogen and oxygen atoms in total. The third-order valence-electron chi connectivity index (χ3n) is 4.60. The van der Waals surface area contributed by atoms with Crippen molar-refractivity contribution in [2.45, 2.75) is 26.7 Å². The summed E-state index contributed by atoms with van der Waals surface area (Å²) in [6, 6.07) is 13.7. The Labute approximate surface area is 162 Å². The molecular weight excluding hydrogens is 360 g/mol. The van der Waals surface area contributed by atoms with Gasteiger partial charge >= 0.3 is 0 Å². The van der Waals surface area contributed by atoms with Crippen LogP contribution in [0.3, 0.4) is 0 Å². The van der Waals surface area contributed by atoms with E-state index in [1.807, 2.05) is 45.0 Å². The average Bonchev–Trinajstić information content (AvgIpc) is 3.03. The van der Waals surface area contributed by atoms with Gasteiger partial charge in [0.2, 0.25) is 5.91 Å². The van der Waals surface area contributed by atoms with Gasteiger partial charge in [0.25, 0.3) is 0 Å². The van der Waals surface area contributed by atoms with Crippen LogP contribution in [0.15, 0.2) is 54.7 Å². The number of nitrogens with one attached hydrogen (secondary N) is 1. The number of aromatic nitrogens is 1. The quantitative estimate of drug-likeness (QED) is 0.599. The first kappa shape index (κ1) is 18.9. The van der Waals surface area contributed by atoms with Crippen molar-refractivity contribution in [2.75, 3.05) is 5.32 Å². The van der Waals surface area contributed by atoms with Gasteiger partial charge in [-0.05, 0) is 42.3 Å². The Morgan fingerprint density at radius 2 is 1.48 bits per heavy atom. The SMILES string of the molecule is Cc1cnc(NC(=O)C(C)(C)C(c2ccc(O)cc2)c2ccc(O)cc2)s1. The van der Waals surface area contributed by atoms with E-state index in [9.17, 15) is 15.0 Å². The smallest absolute Gasteiger partial charge is 0.232 e. The molecule has 0 atom stereocenters. The number of benzene rings is 2. The summed E-state index contributed by atoms with van der Waals surface area (Å²) in [5.41, 5.74) is 0.982. The zero-order valence-electron chi connectivity index (χ0n) is 15.4. The minimum Gasteiger partial charge on any atom is -0.508 e. The molecule has 0 bridgehead atoms. The molecule has 3 aromatic rings. The Kier molecular flexibility index (Phi) is 5.19. The summed E-state index contributed by atoms with van der Waals surface area (Å²) in [6.07, 6.45) is 1.73. The fraction of sp³-hybridized carbons (Fsp3) is 0.238. The minimum absolute atomic E-state index is 0.150. The number of rotatable bonds is 5. The lowest BCUT2D eigenvalue weighted by atomic mass is 9.70. The largest absolute Gasteiger partial charge is 0.508 e. The minimum atomic E-state index is -0.812. The number of phenolic OH excluding ortho intramolecular Hbond substituents is 2. The van der Waals surface area contributed by atoms with Gasteiger partial charge in [-0.1, -0.05) is 38.1 Å².